The first-order chi connectivity index (χ1) is 65.5. The molecule has 0 amide bonds. The lowest BCUT2D eigenvalue weighted by atomic mass is 9.33. The van der Waals surface area contributed by atoms with Crippen molar-refractivity contribution in [2.75, 3.05) is 33.0 Å². The molecule has 0 bridgehead atoms. The summed E-state index contributed by atoms with van der Waals surface area (Å²) in [5.74, 6) is -4.90. The Labute approximate surface area is 812 Å². The minimum Gasteiger partial charge on any atom is -0.462 e. The highest BCUT2D eigenvalue weighted by Gasteiger charge is 2.74. The molecule has 13 rings (SSSR count). The van der Waals surface area contributed by atoms with Crippen molar-refractivity contribution in [3.8, 4) is 0 Å². The fraction of sp³-hybridized carbons (Fsp3) is 0.885. The summed E-state index contributed by atoms with van der Waals surface area (Å²) in [6, 6.07) is 0. The number of aliphatic hydroxyl groups excluding tert-OH is 22. The Morgan fingerprint density at radius 1 is 0.500 bits per heavy atom. The van der Waals surface area contributed by atoms with Crippen LogP contribution in [0.1, 0.15) is 180 Å². The third-order valence-electron chi connectivity index (χ3n) is 33.8. The zero-order chi connectivity index (χ0) is 103. The predicted octanol–water partition coefficient (Wildman–Crippen LogP) is -3.93. The van der Waals surface area contributed by atoms with Crippen LogP contribution >= 0.6 is 0 Å². The first kappa shape index (κ1) is 113. The molecule has 0 unspecified atom stereocenters. The highest BCUT2D eigenvalue weighted by atomic mass is 16.8. The van der Waals surface area contributed by atoms with E-state index in [1.54, 1.807) is 26.8 Å². The molecule has 0 radical (unpaired) electrons. The standard InChI is InChI=1S/C96H154O44/c1-17-91(12,122)27-19-21-40(4)79(120)134-73-42(6)127-85(71(117)66(73)112)140-92(13,18-2)28-20-22-39(3)78(119)132-55-33-96(88(121)139-87-77(65(111)59(105)48(35-98)130-87)138-84-72(118)75(136-83-70(116)62(108)58(104)47(34-97)128-83)74(43(7)126-84)135-82-68(114)60(106)49(36-99)129-82)45(31-89(55,8)9)44-23-24-52-93(14)29-26-54(90(10,11)51(93)25-30-94(52,15)95(44,16)32-53(96)101)133-81-69(115)63(109)61(107)50(131-81)38-124-86-76(64(110)56(102)41(5)125-86)137-80-67(113)57(103)46(100)37-123-80/h17-18,21,23,39,41-43,45-77,80-87,97-118,122H,1-2,19-20,22,24-38H2,3-16H3/b40-21+/t39-,41+,42+,43-,45-,46+,47+,48+,49-,50+,51-,52+,53+,54-,55-,56-,57-,58+,59+,60-,61+,62-,63-,64-,65-,66+,67+,68+,69+,70+,71+,72+,73+,74-,75-,76+,77+,80-,81-,82-,83-,84-,85-,86+,87-,91-,92+,93-,94+,95+,96+/m0/s1. The normalized spacial score (nSPS) is 49.1. The van der Waals surface area contributed by atoms with Gasteiger partial charge in [-0.3, -0.25) is 9.59 Å². The second-order valence-electron chi connectivity index (χ2n) is 43.8. The lowest BCUT2D eigenvalue weighted by Crippen LogP contribution is -2.70. The van der Waals surface area contributed by atoms with Crippen molar-refractivity contribution in [1.29, 1.82) is 0 Å². The smallest absolute Gasteiger partial charge is 0.333 e. The molecular formula is C96H154O44. The van der Waals surface area contributed by atoms with Crippen LogP contribution in [0.3, 0.4) is 0 Å². The van der Waals surface area contributed by atoms with Crippen LogP contribution in [0.25, 0.3) is 0 Å². The van der Waals surface area contributed by atoms with Crippen LogP contribution < -0.4 is 0 Å². The molecule has 4 saturated carbocycles. The summed E-state index contributed by atoms with van der Waals surface area (Å²) in [6.07, 6.45) is -60.4. The molecule has 8 aliphatic heterocycles. The van der Waals surface area contributed by atoms with Gasteiger partial charge in [-0.15, -0.1) is 13.2 Å². The Kier molecular flexibility index (Phi) is 35.7. The van der Waals surface area contributed by atoms with E-state index < -0.39 is 365 Å². The van der Waals surface area contributed by atoms with Crippen molar-refractivity contribution in [3.05, 3.63) is 48.6 Å². The lowest BCUT2D eigenvalue weighted by molar-refractivity contribution is -0.390. The van der Waals surface area contributed by atoms with Crippen molar-refractivity contribution in [1.82, 2.24) is 0 Å². The summed E-state index contributed by atoms with van der Waals surface area (Å²) in [5, 5.41) is 258. The van der Waals surface area contributed by atoms with Crippen LogP contribution in [-0.4, -0.2) is 431 Å². The fourth-order valence-electron chi connectivity index (χ4n) is 24.4. The maximum absolute atomic E-state index is 16.8. The molecule has 23 N–H and O–H groups in total. The van der Waals surface area contributed by atoms with Crippen LogP contribution in [-0.2, 0) is 99.6 Å². The van der Waals surface area contributed by atoms with E-state index in [-0.39, 0.29) is 55.9 Å². The van der Waals surface area contributed by atoms with Crippen molar-refractivity contribution >= 4 is 17.9 Å². The number of fused-ring (bicyclic) bond motifs is 7. The molecule has 8 heterocycles. The zero-order valence-electron chi connectivity index (χ0n) is 81.8. The van der Waals surface area contributed by atoms with Crippen LogP contribution in [0, 0.1) is 56.2 Å². The van der Waals surface area contributed by atoms with Gasteiger partial charge in [-0.05, 0) is 158 Å². The van der Waals surface area contributed by atoms with Gasteiger partial charge in [-0.1, -0.05) is 85.3 Å². The lowest BCUT2D eigenvalue weighted by Gasteiger charge is -2.72. The van der Waals surface area contributed by atoms with Crippen LogP contribution in [0.2, 0.25) is 0 Å². The highest BCUT2D eigenvalue weighted by molar-refractivity contribution is 5.88. The maximum Gasteiger partial charge on any atom is 0.333 e. The molecule has 0 aromatic heterocycles. The van der Waals surface area contributed by atoms with Gasteiger partial charge in [0.2, 0.25) is 6.29 Å². The topological polar surface area (TPSA) is 683 Å². The van der Waals surface area contributed by atoms with E-state index in [0.717, 1.165) is 5.57 Å². The first-order valence-electron chi connectivity index (χ1n) is 49.0. The van der Waals surface area contributed by atoms with Gasteiger partial charge < -0.3 is 203 Å². The highest BCUT2D eigenvalue weighted by Crippen LogP contribution is 2.76. The second-order valence-corrected chi connectivity index (χ2v) is 43.8. The number of hydrogen-bond acceptors (Lipinski definition) is 44. The summed E-state index contributed by atoms with van der Waals surface area (Å²) in [5.41, 5.74) is -7.70. The maximum atomic E-state index is 16.8. The predicted molar refractivity (Wildman–Crippen MR) is 475 cm³/mol. The van der Waals surface area contributed by atoms with E-state index in [2.05, 4.69) is 53.9 Å². The molecule has 0 aromatic carbocycles. The number of aliphatic hydroxyl groups is 23. The van der Waals surface area contributed by atoms with Crippen LogP contribution in [0.5, 0.6) is 0 Å². The summed E-state index contributed by atoms with van der Waals surface area (Å²) < 4.78 is 110. The van der Waals surface area contributed by atoms with E-state index >= 15 is 9.59 Å². The number of esters is 3. The molecular weight excluding hydrogens is 1860 g/mol. The van der Waals surface area contributed by atoms with Crippen molar-refractivity contribution in [2.45, 2.75) is 443 Å². The van der Waals surface area contributed by atoms with Gasteiger partial charge in [0.05, 0.1) is 80.7 Å². The molecule has 44 nitrogen and oxygen atoms in total. The van der Waals surface area contributed by atoms with Crippen LogP contribution in [0.15, 0.2) is 48.6 Å². The van der Waals surface area contributed by atoms with Gasteiger partial charge >= 0.3 is 17.9 Å². The van der Waals surface area contributed by atoms with Gasteiger partial charge in [0.1, 0.15) is 164 Å². The summed E-state index contributed by atoms with van der Waals surface area (Å²) in [4.78, 5) is 45.2. The molecule has 51 atom stereocenters. The average molecular weight is 2010 g/mol. The number of carbonyl (C=O) groups is 3. The van der Waals surface area contributed by atoms with Gasteiger partial charge in [0.25, 0.3) is 0 Å². The number of hydrogen-bond donors (Lipinski definition) is 23. The number of carbonyl (C=O) groups excluding carboxylic acids is 3. The molecule has 0 aromatic rings. The minimum atomic E-state index is -2.27. The molecule has 802 valence electrons. The van der Waals surface area contributed by atoms with Gasteiger partial charge in [-0.2, -0.15) is 0 Å². The summed E-state index contributed by atoms with van der Waals surface area (Å²) in [6.45, 7) is 28.8. The SMILES string of the molecule is C=C[C@](C)(O)CC/C=C(\C)C(=O)O[C@H]1[C@H](O)[C@@H](O)[C@H](O[C@](C)(C=C)CCC[C@H](C)C(=O)O[C@H]2C[C@]3(C(=O)O[C@@H]4O[C@H](CO)[C@@H](O)[C@H](O)[C@H]4O[C@@H]4O[C@@H](C)[C@H](O[C@@H]5O[C@@H](CO)[C@H](O)[C@H]5O)[C@@H](O[C@@H]5O[C@H](CO)[C@@H](O)[C@H](O)[C@H]5O)[C@H]4O)[C@H](O)C[C@]4(C)C(=CC[C@@H]5[C@@]6(C)CC[C@H](O[C@@H]7O[C@H](CO[C@@H]8O[C@H](C)[C@H](O)[C@H](O)[C@H]8O[C@@H]8OC[C@@H](O)[C@H](O)[C@H]8O)[C@@H](O)[C@H](O)[C@H]7O)C(C)(C)[C@@H]6CC[C@]54C)[C@@H]3CC2(C)C)O[C@@H]1C. The Morgan fingerprint density at radius 3 is 1.63 bits per heavy atom. The van der Waals surface area contributed by atoms with E-state index in [4.69, 9.17) is 85.3 Å². The Balaban J connectivity index is 0.764. The van der Waals surface area contributed by atoms with E-state index in [9.17, 15) is 122 Å². The van der Waals surface area contributed by atoms with Gasteiger partial charge in [-0.25, -0.2) is 4.79 Å². The monoisotopic (exact) mass is 2010 g/mol. The fourth-order valence-corrected chi connectivity index (χ4v) is 24.4. The summed E-state index contributed by atoms with van der Waals surface area (Å²) >= 11 is 0. The number of rotatable bonds is 33. The van der Waals surface area contributed by atoms with Crippen molar-refractivity contribution < 1.29 is 217 Å². The Morgan fingerprint density at radius 2 is 1.01 bits per heavy atom. The third kappa shape index (κ3) is 21.7. The molecule has 8 saturated heterocycles. The Hall–Kier alpha value is -4.15. The number of ether oxygens (including phenoxy) is 18. The van der Waals surface area contributed by atoms with E-state index in [1.165, 1.54) is 39.8 Å². The van der Waals surface area contributed by atoms with Crippen molar-refractivity contribution in [3.63, 3.8) is 0 Å². The molecule has 0 spiro atoms. The van der Waals surface area contributed by atoms with E-state index in [0.29, 0.717) is 38.5 Å². The molecule has 12 fully saturated rings. The summed E-state index contributed by atoms with van der Waals surface area (Å²) in [7, 11) is 0. The molecule has 140 heavy (non-hydrogen) atoms. The average Bonchev–Trinajstić information content (AvgIpc) is 0.882. The second kappa shape index (κ2) is 44.2. The first-order valence-corrected chi connectivity index (χ1v) is 49.0. The van der Waals surface area contributed by atoms with Gasteiger partial charge in [0.15, 0.2) is 56.2 Å². The number of allylic oxidation sites excluding steroid dienone is 3. The molecule has 44 heteroatoms. The van der Waals surface area contributed by atoms with Crippen molar-refractivity contribution in [2.24, 2.45) is 56.2 Å². The van der Waals surface area contributed by atoms with Crippen LogP contribution in [0.4, 0.5) is 0 Å². The zero-order valence-corrected chi connectivity index (χ0v) is 81.8. The Bertz CT molecular complexity index is 4240. The molecule has 5 aliphatic carbocycles. The van der Waals surface area contributed by atoms with E-state index in [1.807, 2.05) is 13.8 Å². The minimum absolute atomic E-state index is 0.0224. The quantitative estimate of drug-likeness (QED) is 0.00981. The third-order valence-corrected chi connectivity index (χ3v) is 33.8. The molecule has 13 aliphatic rings. The largest absolute Gasteiger partial charge is 0.462 e. The van der Waals surface area contributed by atoms with Gasteiger partial charge in [0, 0.05) is 17.4 Å².